The van der Waals surface area contributed by atoms with Crippen LogP contribution in [0.25, 0.3) is 0 Å². The van der Waals surface area contributed by atoms with Gasteiger partial charge in [-0.05, 0) is 48.3 Å². The summed E-state index contributed by atoms with van der Waals surface area (Å²) in [4.78, 5) is 24.5. The Morgan fingerprint density at radius 1 is 1.11 bits per heavy atom. The van der Waals surface area contributed by atoms with E-state index in [1.807, 2.05) is 12.3 Å². The van der Waals surface area contributed by atoms with Gasteiger partial charge in [-0.3, -0.25) is 4.79 Å². The largest absolute Gasteiger partial charge is 0.484 e. The molecule has 0 aromatic heterocycles. The number of carbonyl (C=O) groups is 2. The number of hydrogen-bond donors (Lipinski definition) is 1. The van der Waals surface area contributed by atoms with Crippen LogP contribution < -0.4 is 10.1 Å². The molecule has 1 amide bonds. The van der Waals surface area contributed by atoms with E-state index < -0.39 is 17.9 Å². The van der Waals surface area contributed by atoms with E-state index in [2.05, 4.69) is 5.32 Å². The molecular weight excluding hydrogens is 369 g/mol. The number of halogens is 1. The molecule has 0 saturated heterocycles. The van der Waals surface area contributed by atoms with Gasteiger partial charge in [-0.15, -0.1) is 0 Å². The summed E-state index contributed by atoms with van der Waals surface area (Å²) in [7, 11) is 0. The summed E-state index contributed by atoms with van der Waals surface area (Å²) in [5.41, 5.74) is 0.673. The highest BCUT2D eigenvalue weighted by molar-refractivity contribution is 7.98. The fraction of sp³-hybridized carbons (Fsp3) is 0.300. The Balaban J connectivity index is 1.85. The molecular formula is C20H22FNO4S. The third kappa shape index (κ3) is 7.70. The second kappa shape index (κ2) is 11.2. The normalized spacial score (nSPS) is 11.5. The molecule has 7 heteroatoms. The number of para-hydroxylation sites is 1. The number of hydrogen-bond acceptors (Lipinski definition) is 5. The van der Waals surface area contributed by atoms with Crippen molar-refractivity contribution in [3.63, 3.8) is 0 Å². The van der Waals surface area contributed by atoms with Crippen LogP contribution in [0.2, 0.25) is 0 Å². The van der Waals surface area contributed by atoms with Gasteiger partial charge < -0.3 is 14.8 Å². The van der Waals surface area contributed by atoms with Crippen LogP contribution in [0.1, 0.15) is 12.0 Å². The zero-order valence-electron chi connectivity index (χ0n) is 15.0. The minimum atomic E-state index is -0.759. The second-order valence-corrected chi connectivity index (χ2v) is 6.72. The predicted molar refractivity (Wildman–Crippen MR) is 103 cm³/mol. The minimum absolute atomic E-state index is 0.0191. The van der Waals surface area contributed by atoms with Crippen molar-refractivity contribution in [1.29, 1.82) is 0 Å². The Morgan fingerprint density at radius 2 is 1.81 bits per heavy atom. The monoisotopic (exact) mass is 391 g/mol. The molecule has 0 radical (unpaired) electrons. The Hall–Kier alpha value is -2.54. The van der Waals surface area contributed by atoms with Gasteiger partial charge in [0, 0.05) is 0 Å². The van der Waals surface area contributed by atoms with E-state index in [9.17, 15) is 14.0 Å². The molecule has 0 heterocycles. The first kappa shape index (κ1) is 20.8. The maximum Gasteiger partial charge on any atom is 0.329 e. The van der Waals surface area contributed by atoms with E-state index in [1.165, 1.54) is 12.1 Å². The lowest BCUT2D eigenvalue weighted by atomic mass is 10.2. The molecule has 0 bridgehead atoms. The van der Waals surface area contributed by atoms with Gasteiger partial charge in [0.2, 0.25) is 0 Å². The first-order valence-electron chi connectivity index (χ1n) is 8.45. The first-order valence-corrected chi connectivity index (χ1v) is 9.85. The summed E-state index contributed by atoms with van der Waals surface area (Å²) in [6.07, 6.45) is 2.36. The quantitative estimate of drug-likeness (QED) is 0.630. The predicted octanol–water partition coefficient (Wildman–Crippen LogP) is 3.19. The van der Waals surface area contributed by atoms with E-state index in [-0.39, 0.29) is 19.0 Å². The van der Waals surface area contributed by atoms with Gasteiger partial charge >= 0.3 is 5.97 Å². The van der Waals surface area contributed by atoms with Crippen molar-refractivity contribution in [3.8, 4) is 5.75 Å². The number of ether oxygens (including phenoxy) is 2. The smallest absolute Gasteiger partial charge is 0.329 e. The van der Waals surface area contributed by atoms with Crippen LogP contribution in [0, 0.1) is 5.82 Å². The molecule has 0 aliphatic heterocycles. The molecule has 0 spiro atoms. The molecule has 5 nitrogen and oxygen atoms in total. The lowest BCUT2D eigenvalue weighted by molar-refractivity contribution is -0.149. The summed E-state index contributed by atoms with van der Waals surface area (Å²) in [6, 6.07) is 13.9. The number of nitrogens with one attached hydrogen (secondary N) is 1. The Bertz CT molecular complexity index is 725. The summed E-state index contributed by atoms with van der Waals surface area (Å²) in [5.74, 6) is -0.0122. The van der Waals surface area contributed by atoms with Gasteiger partial charge in [-0.25, -0.2) is 9.18 Å². The van der Waals surface area contributed by atoms with E-state index in [1.54, 1.807) is 48.2 Å². The molecule has 0 aliphatic carbocycles. The van der Waals surface area contributed by atoms with Crippen molar-refractivity contribution < 1.29 is 23.5 Å². The fourth-order valence-electron chi connectivity index (χ4n) is 2.22. The highest BCUT2D eigenvalue weighted by atomic mass is 32.2. The SMILES string of the molecule is CSCC[C@H](NC(=O)COc1ccccc1)C(=O)OCc1ccc(F)cc1. The van der Waals surface area contributed by atoms with Gasteiger partial charge in [0.25, 0.3) is 5.91 Å². The molecule has 1 atom stereocenters. The van der Waals surface area contributed by atoms with Crippen molar-refractivity contribution in [2.24, 2.45) is 0 Å². The average molecular weight is 391 g/mol. The zero-order chi connectivity index (χ0) is 19.5. The average Bonchev–Trinajstić information content (AvgIpc) is 2.69. The topological polar surface area (TPSA) is 64.6 Å². The second-order valence-electron chi connectivity index (χ2n) is 5.74. The number of amides is 1. The van der Waals surface area contributed by atoms with Crippen LogP contribution in [0.5, 0.6) is 5.75 Å². The van der Waals surface area contributed by atoms with E-state index >= 15 is 0 Å². The molecule has 0 unspecified atom stereocenters. The standard InChI is InChI=1S/C20H22FNO4S/c1-27-12-11-18(20(24)26-13-15-7-9-16(21)10-8-15)22-19(23)14-25-17-5-3-2-4-6-17/h2-10,18H,11-14H2,1H3,(H,22,23)/t18-/m0/s1. The van der Waals surface area contributed by atoms with Crippen molar-refractivity contribution in [2.45, 2.75) is 19.1 Å². The summed E-state index contributed by atoms with van der Waals surface area (Å²) in [5, 5.41) is 2.66. The number of rotatable bonds is 10. The molecule has 2 aromatic rings. The summed E-state index contributed by atoms with van der Waals surface area (Å²) in [6.45, 7) is -0.170. The molecule has 27 heavy (non-hydrogen) atoms. The number of carbonyl (C=O) groups excluding carboxylic acids is 2. The van der Waals surface area contributed by atoms with Gasteiger partial charge in [0.05, 0.1) is 0 Å². The van der Waals surface area contributed by atoms with Crippen molar-refractivity contribution >= 4 is 23.6 Å². The van der Waals surface area contributed by atoms with Crippen LogP contribution >= 0.6 is 11.8 Å². The molecule has 0 fully saturated rings. The molecule has 0 aliphatic rings. The van der Waals surface area contributed by atoms with Crippen molar-refractivity contribution in [3.05, 3.63) is 66.0 Å². The van der Waals surface area contributed by atoms with Crippen molar-refractivity contribution in [1.82, 2.24) is 5.32 Å². The minimum Gasteiger partial charge on any atom is -0.484 e. The van der Waals surface area contributed by atoms with Crippen molar-refractivity contribution in [2.75, 3.05) is 18.6 Å². The number of thioether (sulfide) groups is 1. The van der Waals surface area contributed by atoms with Crippen LogP contribution in [-0.2, 0) is 20.9 Å². The third-order valence-corrected chi connectivity index (χ3v) is 4.28. The summed E-state index contributed by atoms with van der Waals surface area (Å²) < 4.78 is 23.6. The zero-order valence-corrected chi connectivity index (χ0v) is 15.8. The van der Waals surface area contributed by atoms with Crippen LogP contribution in [-0.4, -0.2) is 36.5 Å². The van der Waals surface area contributed by atoms with Crippen LogP contribution in [0.4, 0.5) is 4.39 Å². The maximum atomic E-state index is 12.9. The fourth-order valence-corrected chi connectivity index (χ4v) is 2.69. The van der Waals surface area contributed by atoms with E-state index in [4.69, 9.17) is 9.47 Å². The molecule has 1 N–H and O–H groups in total. The maximum absolute atomic E-state index is 12.9. The third-order valence-electron chi connectivity index (χ3n) is 3.64. The van der Waals surface area contributed by atoms with Gasteiger partial charge in [0.15, 0.2) is 6.61 Å². The Kier molecular flexibility index (Phi) is 8.64. The highest BCUT2D eigenvalue weighted by Crippen LogP contribution is 2.09. The molecule has 0 saturated carbocycles. The Morgan fingerprint density at radius 3 is 2.48 bits per heavy atom. The highest BCUT2D eigenvalue weighted by Gasteiger charge is 2.22. The van der Waals surface area contributed by atoms with E-state index in [0.717, 1.165) is 0 Å². The number of esters is 1. The van der Waals surface area contributed by atoms with Gasteiger partial charge in [0.1, 0.15) is 24.2 Å². The molecule has 2 aromatic carbocycles. The lowest BCUT2D eigenvalue weighted by Gasteiger charge is -2.17. The van der Waals surface area contributed by atoms with Gasteiger partial charge in [-0.2, -0.15) is 11.8 Å². The Labute approximate surface area is 162 Å². The van der Waals surface area contributed by atoms with Crippen LogP contribution in [0.15, 0.2) is 54.6 Å². The molecule has 2 rings (SSSR count). The molecule has 144 valence electrons. The number of benzene rings is 2. The summed E-state index contributed by atoms with van der Waals surface area (Å²) >= 11 is 1.57. The lowest BCUT2D eigenvalue weighted by Crippen LogP contribution is -2.44. The first-order chi connectivity index (χ1) is 13.1. The van der Waals surface area contributed by atoms with E-state index in [0.29, 0.717) is 23.5 Å². The van der Waals surface area contributed by atoms with Crippen LogP contribution in [0.3, 0.4) is 0 Å². The van der Waals surface area contributed by atoms with Gasteiger partial charge in [-0.1, -0.05) is 30.3 Å².